The number of likely N-dealkylation sites (tertiary alicyclic amines) is 1. The third-order valence-corrected chi connectivity index (χ3v) is 8.45. The summed E-state index contributed by atoms with van der Waals surface area (Å²) in [6.07, 6.45) is 2.58. The van der Waals surface area contributed by atoms with Gasteiger partial charge in [-0.1, -0.05) is 30.3 Å². The van der Waals surface area contributed by atoms with E-state index in [0.717, 1.165) is 12.0 Å². The van der Waals surface area contributed by atoms with Crippen molar-refractivity contribution in [1.82, 2.24) is 10.2 Å². The number of halogens is 2. The predicted molar refractivity (Wildman–Crippen MR) is 118 cm³/mol. The Labute approximate surface area is 173 Å². The minimum Gasteiger partial charge on any atom is -0.316 e. The van der Waals surface area contributed by atoms with Crippen molar-refractivity contribution in [2.24, 2.45) is 11.3 Å². The van der Waals surface area contributed by atoms with Crippen molar-refractivity contribution in [3.63, 3.8) is 0 Å². The van der Waals surface area contributed by atoms with E-state index in [0.29, 0.717) is 5.41 Å². The fraction of sp³-hybridized carbons (Fsp3) is 0.684. The van der Waals surface area contributed by atoms with Gasteiger partial charge in [-0.2, -0.15) is 23.5 Å². The van der Waals surface area contributed by atoms with Gasteiger partial charge in [-0.05, 0) is 30.9 Å². The SMILES string of the molecule is Cl.Cl.c1ccc(CCC23CNCC2CN(C2CSCCSC2)C3)cc1. The summed E-state index contributed by atoms with van der Waals surface area (Å²) in [5.41, 5.74) is 2.03. The minimum absolute atomic E-state index is 0. The molecule has 0 saturated carbocycles. The third-order valence-electron chi connectivity index (χ3n) is 5.97. The molecule has 3 heterocycles. The quantitative estimate of drug-likeness (QED) is 0.795. The largest absolute Gasteiger partial charge is 0.316 e. The van der Waals surface area contributed by atoms with E-state index in [1.807, 2.05) is 0 Å². The van der Waals surface area contributed by atoms with E-state index in [1.54, 1.807) is 0 Å². The number of aryl methyl sites for hydroxylation is 1. The molecule has 2 unspecified atom stereocenters. The molecule has 1 aromatic rings. The lowest BCUT2D eigenvalue weighted by Crippen LogP contribution is -2.40. The molecule has 0 radical (unpaired) electrons. The maximum Gasteiger partial charge on any atom is 0.0277 e. The summed E-state index contributed by atoms with van der Waals surface area (Å²) in [5, 5.41) is 3.70. The minimum atomic E-state index is 0. The Hall–Kier alpha value is 0.420. The Kier molecular flexibility index (Phi) is 8.77. The fourth-order valence-electron chi connectivity index (χ4n) is 4.55. The van der Waals surface area contributed by atoms with Crippen molar-refractivity contribution in [1.29, 1.82) is 0 Å². The van der Waals surface area contributed by atoms with Crippen molar-refractivity contribution >= 4 is 48.3 Å². The molecule has 6 heteroatoms. The Morgan fingerprint density at radius 1 is 1.08 bits per heavy atom. The molecule has 1 aromatic carbocycles. The third kappa shape index (κ3) is 5.03. The molecule has 4 rings (SSSR count). The first-order valence-corrected chi connectivity index (χ1v) is 11.3. The second-order valence-electron chi connectivity index (χ2n) is 7.41. The van der Waals surface area contributed by atoms with Gasteiger partial charge in [0.05, 0.1) is 0 Å². The molecule has 2 nitrogen and oxygen atoms in total. The normalized spacial score (nSPS) is 30.2. The average molecular weight is 422 g/mol. The zero-order valence-corrected chi connectivity index (χ0v) is 18.0. The molecular weight excluding hydrogens is 391 g/mol. The zero-order valence-electron chi connectivity index (χ0n) is 14.7. The molecule has 2 atom stereocenters. The standard InChI is InChI=1S/C19H28N2S2.2ClH/c1-2-4-16(5-3-1)6-7-19-14-20-10-17(19)11-21(15-19)18-12-22-8-9-23-13-18;;/h1-5,17-18,20H,6-15H2;2*1H. The maximum absolute atomic E-state index is 3.70. The number of thioether (sulfide) groups is 2. The summed E-state index contributed by atoms with van der Waals surface area (Å²) in [6.45, 7) is 5.11. The number of rotatable bonds is 4. The predicted octanol–water partition coefficient (Wildman–Crippen LogP) is 3.83. The number of hydrogen-bond acceptors (Lipinski definition) is 4. The van der Waals surface area contributed by atoms with Crippen molar-refractivity contribution < 1.29 is 0 Å². The van der Waals surface area contributed by atoms with E-state index in [-0.39, 0.29) is 24.8 Å². The van der Waals surface area contributed by atoms with E-state index < -0.39 is 0 Å². The van der Waals surface area contributed by atoms with Gasteiger partial charge < -0.3 is 5.32 Å². The van der Waals surface area contributed by atoms with Crippen LogP contribution in [0.1, 0.15) is 12.0 Å². The van der Waals surface area contributed by atoms with Crippen LogP contribution in [0.2, 0.25) is 0 Å². The summed E-state index contributed by atoms with van der Waals surface area (Å²) in [6, 6.07) is 11.9. The van der Waals surface area contributed by atoms with Crippen LogP contribution >= 0.6 is 48.3 Å². The molecule has 1 N–H and O–H groups in total. The van der Waals surface area contributed by atoms with Crippen LogP contribution in [-0.4, -0.2) is 60.1 Å². The lowest BCUT2D eigenvalue weighted by atomic mass is 9.76. The highest BCUT2D eigenvalue weighted by Gasteiger charge is 2.50. The summed E-state index contributed by atoms with van der Waals surface area (Å²) in [4.78, 5) is 2.85. The molecule has 3 aliphatic heterocycles. The lowest BCUT2D eigenvalue weighted by molar-refractivity contribution is 0.219. The Morgan fingerprint density at radius 3 is 2.52 bits per heavy atom. The van der Waals surface area contributed by atoms with Crippen LogP contribution in [0.5, 0.6) is 0 Å². The van der Waals surface area contributed by atoms with E-state index in [4.69, 9.17) is 0 Å². The molecule has 3 fully saturated rings. The van der Waals surface area contributed by atoms with Crippen LogP contribution < -0.4 is 5.32 Å². The van der Waals surface area contributed by atoms with Crippen LogP contribution in [0.25, 0.3) is 0 Å². The van der Waals surface area contributed by atoms with Gasteiger partial charge in [0.1, 0.15) is 0 Å². The van der Waals surface area contributed by atoms with Gasteiger partial charge in [0.15, 0.2) is 0 Å². The van der Waals surface area contributed by atoms with Gasteiger partial charge in [0.25, 0.3) is 0 Å². The second-order valence-corrected chi connectivity index (χ2v) is 9.71. The first-order valence-electron chi connectivity index (χ1n) is 9.00. The van der Waals surface area contributed by atoms with Crippen molar-refractivity contribution in [2.75, 3.05) is 49.2 Å². The summed E-state index contributed by atoms with van der Waals surface area (Å²) in [7, 11) is 0. The highest BCUT2D eigenvalue weighted by atomic mass is 35.5. The number of benzene rings is 1. The van der Waals surface area contributed by atoms with Crippen LogP contribution in [0, 0.1) is 11.3 Å². The van der Waals surface area contributed by atoms with E-state index in [1.165, 1.54) is 67.6 Å². The highest BCUT2D eigenvalue weighted by molar-refractivity contribution is 8.03. The van der Waals surface area contributed by atoms with Gasteiger partial charge in [-0.25, -0.2) is 0 Å². The maximum atomic E-state index is 3.70. The zero-order chi connectivity index (χ0) is 15.5. The first kappa shape index (κ1) is 21.7. The van der Waals surface area contributed by atoms with E-state index >= 15 is 0 Å². The Bertz CT molecular complexity index is 511. The second kappa shape index (κ2) is 10.1. The molecule has 0 aromatic heterocycles. The molecule has 0 spiro atoms. The molecular formula is C19H30Cl2N2S2. The van der Waals surface area contributed by atoms with Gasteiger partial charge in [-0.15, -0.1) is 24.8 Å². The first-order chi connectivity index (χ1) is 11.4. The Morgan fingerprint density at radius 2 is 1.80 bits per heavy atom. The van der Waals surface area contributed by atoms with Crippen LogP contribution in [0.3, 0.4) is 0 Å². The lowest BCUT2D eigenvalue weighted by Gasteiger charge is -2.31. The van der Waals surface area contributed by atoms with Crippen molar-refractivity contribution in [3.8, 4) is 0 Å². The average Bonchev–Trinajstić information content (AvgIpc) is 2.99. The van der Waals surface area contributed by atoms with Gasteiger partial charge in [-0.3, -0.25) is 4.90 Å². The Balaban J connectivity index is 0.00000113. The van der Waals surface area contributed by atoms with Gasteiger partial charge >= 0.3 is 0 Å². The fourth-order valence-corrected chi connectivity index (χ4v) is 7.18. The number of fused-ring (bicyclic) bond motifs is 1. The number of nitrogens with zero attached hydrogens (tertiary/aromatic N) is 1. The van der Waals surface area contributed by atoms with Crippen molar-refractivity contribution in [2.45, 2.75) is 18.9 Å². The smallest absolute Gasteiger partial charge is 0.0277 e. The molecule has 3 saturated heterocycles. The molecule has 0 aliphatic carbocycles. The number of hydrogen-bond donors (Lipinski definition) is 1. The van der Waals surface area contributed by atoms with Crippen LogP contribution in [-0.2, 0) is 6.42 Å². The summed E-state index contributed by atoms with van der Waals surface area (Å²) in [5.74, 6) is 6.26. The van der Waals surface area contributed by atoms with E-state index in [2.05, 4.69) is 64.1 Å². The monoisotopic (exact) mass is 420 g/mol. The van der Waals surface area contributed by atoms with Crippen LogP contribution in [0.15, 0.2) is 30.3 Å². The van der Waals surface area contributed by atoms with Crippen molar-refractivity contribution in [3.05, 3.63) is 35.9 Å². The summed E-state index contributed by atoms with van der Waals surface area (Å²) < 4.78 is 0. The molecule has 142 valence electrons. The summed E-state index contributed by atoms with van der Waals surface area (Å²) >= 11 is 4.34. The molecule has 25 heavy (non-hydrogen) atoms. The highest BCUT2D eigenvalue weighted by Crippen LogP contribution is 2.44. The van der Waals surface area contributed by atoms with Crippen LogP contribution in [0.4, 0.5) is 0 Å². The number of nitrogens with one attached hydrogen (secondary N) is 1. The molecule has 3 aliphatic rings. The molecule has 0 bridgehead atoms. The van der Waals surface area contributed by atoms with Gasteiger partial charge in [0.2, 0.25) is 0 Å². The van der Waals surface area contributed by atoms with Gasteiger partial charge in [0, 0.05) is 54.1 Å². The van der Waals surface area contributed by atoms with E-state index in [9.17, 15) is 0 Å². The molecule has 0 amide bonds. The topological polar surface area (TPSA) is 15.3 Å².